The normalized spacial score (nSPS) is 12.3. The number of alkyl halides is 1. The van der Waals surface area contributed by atoms with Crippen molar-refractivity contribution < 1.29 is 14.3 Å². The molecule has 0 aliphatic rings. The largest absolute Gasteiger partial charge is 0.387 e. The molecule has 9 nitrogen and oxygen atoms in total. The minimum atomic E-state index is -1.65. The number of carbonyl (C=O) groups is 1. The summed E-state index contributed by atoms with van der Waals surface area (Å²) >= 11 is 0. The van der Waals surface area contributed by atoms with Crippen LogP contribution in [0, 0.1) is 11.3 Å². The minimum absolute atomic E-state index is 0.198. The number of rotatable bonds is 7. The first kappa shape index (κ1) is 24.8. The van der Waals surface area contributed by atoms with Crippen molar-refractivity contribution in [2.75, 3.05) is 11.9 Å². The van der Waals surface area contributed by atoms with Crippen molar-refractivity contribution in [1.29, 1.82) is 5.26 Å². The van der Waals surface area contributed by atoms with Gasteiger partial charge in [0, 0.05) is 23.5 Å². The molecular weight excluding hydrogens is 485 g/mol. The van der Waals surface area contributed by atoms with Crippen molar-refractivity contribution >= 4 is 33.7 Å². The number of pyridine rings is 2. The summed E-state index contributed by atoms with van der Waals surface area (Å²) in [7, 11) is 0. The molecular formula is C28H24FN7O2. The van der Waals surface area contributed by atoms with Crippen molar-refractivity contribution in [1.82, 2.24) is 24.9 Å². The van der Waals surface area contributed by atoms with Gasteiger partial charge >= 0.3 is 0 Å². The predicted octanol–water partition coefficient (Wildman–Crippen LogP) is 4.40. The zero-order valence-corrected chi connectivity index (χ0v) is 20.7. The molecule has 10 heteroatoms. The third kappa shape index (κ3) is 5.00. The molecule has 1 atom stereocenters. The fourth-order valence-electron chi connectivity index (χ4n) is 3.97. The zero-order valence-electron chi connectivity index (χ0n) is 20.7. The van der Waals surface area contributed by atoms with Crippen LogP contribution in [0.3, 0.4) is 0 Å². The van der Waals surface area contributed by atoms with Crippen LogP contribution in [0.25, 0.3) is 27.8 Å². The molecule has 0 saturated heterocycles. The molecule has 4 heterocycles. The molecule has 1 amide bonds. The number of hydrogen-bond donors (Lipinski definition) is 3. The van der Waals surface area contributed by atoms with Gasteiger partial charge in [-0.3, -0.25) is 14.8 Å². The van der Waals surface area contributed by atoms with Gasteiger partial charge in [-0.25, -0.2) is 8.91 Å². The number of carbonyl (C=O) groups excluding carboxylic acids is 1. The van der Waals surface area contributed by atoms with E-state index < -0.39 is 17.7 Å². The maximum absolute atomic E-state index is 14.3. The third-order valence-electron chi connectivity index (χ3n) is 6.13. The Bertz CT molecular complexity index is 1700. The van der Waals surface area contributed by atoms with Crippen molar-refractivity contribution in [3.8, 4) is 17.5 Å². The van der Waals surface area contributed by atoms with Gasteiger partial charge in [-0.05, 0) is 62.4 Å². The highest BCUT2D eigenvalue weighted by Gasteiger charge is 2.27. The first-order valence-corrected chi connectivity index (χ1v) is 11.9. The summed E-state index contributed by atoms with van der Waals surface area (Å²) < 4.78 is 16.0. The lowest BCUT2D eigenvalue weighted by Gasteiger charge is -2.22. The third-order valence-corrected chi connectivity index (χ3v) is 6.13. The van der Waals surface area contributed by atoms with Gasteiger partial charge in [-0.1, -0.05) is 6.07 Å². The number of fused-ring (bicyclic) bond motifs is 2. The van der Waals surface area contributed by atoms with E-state index in [-0.39, 0.29) is 12.1 Å². The molecule has 0 spiro atoms. The number of halogens is 1. The maximum Gasteiger partial charge on any atom is 0.255 e. The van der Waals surface area contributed by atoms with Gasteiger partial charge in [0.25, 0.3) is 5.91 Å². The van der Waals surface area contributed by atoms with Crippen LogP contribution in [0.2, 0.25) is 0 Å². The lowest BCUT2D eigenvalue weighted by molar-refractivity contribution is -0.00177. The van der Waals surface area contributed by atoms with Crippen LogP contribution in [0.1, 0.15) is 29.8 Å². The molecule has 3 N–H and O–H groups in total. The van der Waals surface area contributed by atoms with Crippen molar-refractivity contribution in [2.24, 2.45) is 0 Å². The summed E-state index contributed by atoms with van der Waals surface area (Å²) in [6.45, 7) is 2.33. The first-order chi connectivity index (χ1) is 18.2. The molecule has 190 valence electrons. The highest BCUT2D eigenvalue weighted by Crippen LogP contribution is 2.29. The Morgan fingerprint density at radius 3 is 2.79 bits per heavy atom. The quantitative estimate of drug-likeness (QED) is 0.297. The van der Waals surface area contributed by atoms with Crippen LogP contribution in [0.15, 0.2) is 73.2 Å². The first-order valence-electron chi connectivity index (χ1n) is 11.9. The summed E-state index contributed by atoms with van der Waals surface area (Å²) in [5.74, 6) is -0.544. The van der Waals surface area contributed by atoms with Gasteiger partial charge in [0.05, 0.1) is 57.6 Å². The second-order valence-corrected chi connectivity index (χ2v) is 9.39. The van der Waals surface area contributed by atoms with Crippen LogP contribution in [-0.4, -0.2) is 48.9 Å². The Balaban J connectivity index is 1.53. The number of benzene rings is 1. The van der Waals surface area contributed by atoms with Crippen LogP contribution in [0.5, 0.6) is 0 Å². The smallest absolute Gasteiger partial charge is 0.255 e. The van der Waals surface area contributed by atoms with Crippen LogP contribution < -0.4 is 10.6 Å². The number of nitriles is 1. The molecule has 4 aromatic heterocycles. The Kier molecular flexibility index (Phi) is 6.45. The number of aromatic nitrogens is 4. The molecule has 0 saturated carbocycles. The van der Waals surface area contributed by atoms with Crippen LogP contribution in [0.4, 0.5) is 15.8 Å². The van der Waals surface area contributed by atoms with E-state index in [1.807, 2.05) is 42.5 Å². The highest BCUT2D eigenvalue weighted by molar-refractivity contribution is 6.01. The van der Waals surface area contributed by atoms with E-state index in [0.717, 1.165) is 16.4 Å². The summed E-state index contributed by atoms with van der Waals surface area (Å²) in [5, 5.41) is 30.2. The molecule has 0 aliphatic carbocycles. The maximum atomic E-state index is 14.3. The average Bonchev–Trinajstić information content (AvgIpc) is 3.34. The van der Waals surface area contributed by atoms with E-state index in [0.29, 0.717) is 28.3 Å². The molecule has 1 aromatic carbocycles. The second-order valence-electron chi connectivity index (χ2n) is 9.39. The van der Waals surface area contributed by atoms with E-state index in [1.165, 1.54) is 26.2 Å². The molecule has 0 fully saturated rings. The Hall–Kier alpha value is -4.88. The molecule has 0 aliphatic heterocycles. The van der Waals surface area contributed by atoms with Crippen molar-refractivity contribution in [2.45, 2.75) is 25.6 Å². The van der Waals surface area contributed by atoms with Gasteiger partial charge in [-0.2, -0.15) is 10.4 Å². The SMILES string of the molecule is CC(C)(O)[C@H](F)CNC(=O)c1cnc(-c2ccc3cc(C#N)cnn23)cc1Nc1ccc2ncccc2c1. The molecule has 5 aromatic rings. The van der Waals surface area contributed by atoms with E-state index in [2.05, 4.69) is 31.8 Å². The number of hydrogen-bond acceptors (Lipinski definition) is 7. The zero-order chi connectivity index (χ0) is 26.9. The monoisotopic (exact) mass is 509 g/mol. The fraction of sp³-hybridized carbons (Fsp3) is 0.179. The van der Waals surface area contributed by atoms with Crippen molar-refractivity contribution in [3.05, 3.63) is 84.3 Å². The van der Waals surface area contributed by atoms with E-state index in [1.54, 1.807) is 22.8 Å². The lowest BCUT2D eigenvalue weighted by atomic mass is 10.0. The van der Waals surface area contributed by atoms with E-state index in [4.69, 9.17) is 5.26 Å². The van der Waals surface area contributed by atoms with Crippen LogP contribution >= 0.6 is 0 Å². The Labute approximate surface area is 217 Å². The van der Waals surface area contributed by atoms with Gasteiger partial charge in [0.15, 0.2) is 0 Å². The number of nitrogens with one attached hydrogen (secondary N) is 2. The van der Waals surface area contributed by atoms with E-state index >= 15 is 0 Å². The van der Waals surface area contributed by atoms with Crippen molar-refractivity contribution in [3.63, 3.8) is 0 Å². The summed E-state index contributed by atoms with van der Waals surface area (Å²) in [6.07, 6.45) is 2.94. The molecule has 0 bridgehead atoms. The molecule has 38 heavy (non-hydrogen) atoms. The lowest BCUT2D eigenvalue weighted by Crippen LogP contribution is -2.42. The molecule has 5 rings (SSSR count). The van der Waals surface area contributed by atoms with Gasteiger partial charge in [0.1, 0.15) is 12.2 Å². The topological polar surface area (TPSA) is 128 Å². The second kappa shape index (κ2) is 9.88. The fourth-order valence-corrected chi connectivity index (χ4v) is 3.97. The molecule has 0 radical (unpaired) electrons. The summed E-state index contributed by atoms with van der Waals surface area (Å²) in [5.41, 5.74) is 2.94. The van der Waals surface area contributed by atoms with Crippen LogP contribution in [-0.2, 0) is 0 Å². The Morgan fingerprint density at radius 1 is 1.16 bits per heavy atom. The summed E-state index contributed by atoms with van der Waals surface area (Å²) in [4.78, 5) is 21.9. The predicted molar refractivity (Wildman–Crippen MR) is 142 cm³/mol. The van der Waals surface area contributed by atoms with Gasteiger partial charge < -0.3 is 15.7 Å². The standard InChI is InChI=1S/C28H24FN7O2/c1-28(2,38)26(29)16-33-27(37)21-15-32-24(25-8-6-20-10-17(13-30)14-34-36(20)25)12-23(21)35-19-5-7-22-18(11-19)4-3-9-31-22/h3-12,14-15,26,38H,16H2,1-2H3,(H,32,35)(H,33,37)/t26-/m1/s1. The van der Waals surface area contributed by atoms with E-state index in [9.17, 15) is 14.3 Å². The number of nitrogens with zero attached hydrogens (tertiary/aromatic N) is 5. The van der Waals surface area contributed by atoms with Gasteiger partial charge in [0.2, 0.25) is 0 Å². The summed E-state index contributed by atoms with van der Waals surface area (Å²) in [6, 6.07) is 18.6. The minimum Gasteiger partial charge on any atom is -0.387 e. The number of anilines is 2. The van der Waals surface area contributed by atoms with Gasteiger partial charge in [-0.15, -0.1) is 0 Å². The Morgan fingerprint density at radius 2 is 2.00 bits per heavy atom. The number of amides is 1. The average molecular weight is 510 g/mol. The highest BCUT2D eigenvalue weighted by atomic mass is 19.1. The molecule has 0 unspecified atom stereocenters. The number of aliphatic hydroxyl groups is 1.